The minimum atomic E-state index is -4.80. The van der Waals surface area contributed by atoms with Crippen molar-refractivity contribution in [1.82, 2.24) is 15.7 Å². The molecule has 1 aliphatic rings. The molecule has 0 saturated carbocycles. The summed E-state index contributed by atoms with van der Waals surface area (Å²) in [5.74, 6) is -1.50. The summed E-state index contributed by atoms with van der Waals surface area (Å²) in [5, 5.41) is 7.77. The molecule has 39 heavy (non-hydrogen) atoms. The molecule has 1 aromatic carbocycles. The molecule has 3 aromatic rings. The number of carbonyl (C=O) groups is 3. The third-order valence-corrected chi connectivity index (χ3v) is 7.67. The van der Waals surface area contributed by atoms with Crippen LogP contribution >= 0.6 is 23.1 Å². The van der Waals surface area contributed by atoms with Crippen LogP contribution in [0, 0.1) is 0 Å². The first kappa shape index (κ1) is 28.0. The Labute approximate surface area is 229 Å². The van der Waals surface area contributed by atoms with Crippen molar-refractivity contribution in [2.45, 2.75) is 25.0 Å². The van der Waals surface area contributed by atoms with Crippen LogP contribution < -0.4 is 15.5 Å². The van der Waals surface area contributed by atoms with Gasteiger partial charge in [-0.25, -0.2) is 5.43 Å². The standard InChI is InChI=1S/C26H21F3N4O4S2/c1-15(19-14-38-23(22(19)34)17-2-4-18(5-3-17)37-26(27,28)29)32-33-25(36)21-7-6-20(39-21)24(35)31-13-10-16-8-11-30-12-9-16/h2-9,11-12,14,23H,10,13H2,1H3,(H,31,35)(H,33,36)/b32-15+. The first-order chi connectivity index (χ1) is 18.6. The smallest absolute Gasteiger partial charge is 0.406 e. The quantitative estimate of drug-likeness (QED) is 0.273. The Kier molecular flexibility index (Phi) is 8.82. The number of carbonyl (C=O) groups excluding carboxylic acids is 3. The van der Waals surface area contributed by atoms with E-state index in [0.717, 1.165) is 29.0 Å². The van der Waals surface area contributed by atoms with Crippen molar-refractivity contribution in [3.8, 4) is 5.75 Å². The Balaban J connectivity index is 1.29. The van der Waals surface area contributed by atoms with Crippen LogP contribution in [0.15, 0.2) is 77.0 Å². The molecule has 202 valence electrons. The molecule has 1 unspecified atom stereocenters. The van der Waals surface area contributed by atoms with Gasteiger partial charge in [0.25, 0.3) is 11.8 Å². The van der Waals surface area contributed by atoms with Crippen LogP contribution in [0.25, 0.3) is 0 Å². The molecular weight excluding hydrogens is 553 g/mol. The average molecular weight is 575 g/mol. The monoisotopic (exact) mass is 574 g/mol. The van der Waals surface area contributed by atoms with Crippen LogP contribution in [-0.2, 0) is 11.2 Å². The van der Waals surface area contributed by atoms with Gasteiger partial charge in [0.2, 0.25) is 0 Å². The van der Waals surface area contributed by atoms with Gasteiger partial charge in [-0.2, -0.15) is 5.10 Å². The molecule has 0 saturated heterocycles. The molecule has 0 aliphatic carbocycles. The first-order valence-corrected chi connectivity index (χ1v) is 13.2. The molecule has 0 fully saturated rings. The maximum atomic E-state index is 12.9. The highest BCUT2D eigenvalue weighted by Crippen LogP contribution is 2.40. The predicted octanol–water partition coefficient (Wildman–Crippen LogP) is 5.06. The SMILES string of the molecule is C/C(=N\NC(=O)c1ccc(C(=O)NCCc2ccncc2)s1)C1=CSC(c2ccc(OC(F)(F)F)cc2)C1=O. The number of Topliss-reactive ketones (excluding diaryl/α,β-unsaturated/α-hetero) is 1. The second kappa shape index (κ2) is 12.3. The van der Waals surface area contributed by atoms with Crippen LogP contribution in [0.2, 0.25) is 0 Å². The lowest BCUT2D eigenvalue weighted by atomic mass is 10.0. The first-order valence-electron chi connectivity index (χ1n) is 11.5. The molecular formula is C26H21F3N4O4S2. The van der Waals surface area contributed by atoms with Crippen molar-refractivity contribution in [3.63, 3.8) is 0 Å². The number of ether oxygens (including phenoxy) is 1. The summed E-state index contributed by atoms with van der Waals surface area (Å²) in [6.45, 7) is 1.99. The number of allylic oxidation sites excluding steroid dienone is 1. The zero-order chi connectivity index (χ0) is 28.0. The second-order valence-corrected chi connectivity index (χ2v) is 10.3. The molecule has 0 bridgehead atoms. The number of pyridine rings is 1. The van der Waals surface area contributed by atoms with Gasteiger partial charge in [-0.05, 0) is 66.3 Å². The van der Waals surface area contributed by atoms with E-state index in [1.165, 1.54) is 30.0 Å². The van der Waals surface area contributed by atoms with Gasteiger partial charge in [0.1, 0.15) is 5.75 Å². The number of nitrogens with one attached hydrogen (secondary N) is 2. The third kappa shape index (κ3) is 7.54. The number of benzene rings is 1. The number of rotatable bonds is 9. The number of amides is 2. The molecule has 0 spiro atoms. The van der Waals surface area contributed by atoms with Crippen LogP contribution in [0.4, 0.5) is 13.2 Å². The Morgan fingerprint density at radius 1 is 1.03 bits per heavy atom. The molecule has 1 aliphatic heterocycles. The summed E-state index contributed by atoms with van der Waals surface area (Å²) in [4.78, 5) is 42.4. The van der Waals surface area contributed by atoms with Crippen molar-refractivity contribution in [2.75, 3.05) is 6.54 Å². The second-order valence-electron chi connectivity index (χ2n) is 8.19. The third-order valence-electron chi connectivity index (χ3n) is 5.46. The van der Waals surface area contributed by atoms with Crippen LogP contribution in [0.1, 0.15) is 42.6 Å². The number of aromatic nitrogens is 1. The van der Waals surface area contributed by atoms with Gasteiger partial charge in [0.15, 0.2) is 5.78 Å². The van der Waals surface area contributed by atoms with Gasteiger partial charge in [-0.1, -0.05) is 12.1 Å². The van der Waals surface area contributed by atoms with E-state index < -0.39 is 17.5 Å². The molecule has 3 heterocycles. The number of thiophene rings is 1. The minimum absolute atomic E-state index is 0.269. The minimum Gasteiger partial charge on any atom is -0.406 e. The largest absolute Gasteiger partial charge is 0.573 e. The normalized spacial score (nSPS) is 15.6. The summed E-state index contributed by atoms with van der Waals surface area (Å²) in [6.07, 6.45) is -0.794. The number of hydrogen-bond donors (Lipinski definition) is 2. The molecule has 2 N–H and O–H groups in total. The van der Waals surface area contributed by atoms with Gasteiger partial charge >= 0.3 is 6.36 Å². The summed E-state index contributed by atoms with van der Waals surface area (Å²) < 4.78 is 41.0. The fraction of sp³-hybridized carbons (Fsp3) is 0.192. The van der Waals surface area contributed by atoms with Gasteiger partial charge in [0, 0.05) is 24.5 Å². The molecule has 2 aromatic heterocycles. The summed E-state index contributed by atoms with van der Waals surface area (Å²) >= 11 is 2.20. The van der Waals surface area contributed by atoms with E-state index in [2.05, 4.69) is 25.6 Å². The van der Waals surface area contributed by atoms with Crippen molar-refractivity contribution in [1.29, 1.82) is 0 Å². The molecule has 1 atom stereocenters. The van der Waals surface area contributed by atoms with Crippen molar-refractivity contribution < 1.29 is 32.3 Å². The van der Waals surface area contributed by atoms with Crippen molar-refractivity contribution in [2.24, 2.45) is 5.10 Å². The van der Waals surface area contributed by atoms with Gasteiger partial charge in [0.05, 0.1) is 20.7 Å². The van der Waals surface area contributed by atoms with E-state index in [1.54, 1.807) is 30.8 Å². The topological polar surface area (TPSA) is 110 Å². The van der Waals surface area contributed by atoms with E-state index in [-0.39, 0.29) is 33.6 Å². The van der Waals surface area contributed by atoms with Crippen molar-refractivity contribution >= 4 is 46.4 Å². The maximum absolute atomic E-state index is 12.9. The maximum Gasteiger partial charge on any atom is 0.573 e. The lowest BCUT2D eigenvalue weighted by Gasteiger charge is -2.12. The summed E-state index contributed by atoms with van der Waals surface area (Å²) in [6, 6.07) is 11.9. The van der Waals surface area contributed by atoms with Gasteiger partial charge in [-0.3, -0.25) is 19.4 Å². The number of hydrogen-bond acceptors (Lipinski definition) is 8. The molecule has 13 heteroatoms. The van der Waals surface area contributed by atoms with Crippen LogP contribution in [0.5, 0.6) is 5.75 Å². The fourth-order valence-corrected chi connectivity index (χ4v) is 5.46. The number of hydrazone groups is 1. The number of nitrogens with zero attached hydrogens (tertiary/aromatic N) is 2. The highest BCUT2D eigenvalue weighted by atomic mass is 32.2. The van der Waals surface area contributed by atoms with Gasteiger partial charge in [-0.15, -0.1) is 36.3 Å². The molecule has 8 nitrogen and oxygen atoms in total. The van der Waals surface area contributed by atoms with Crippen molar-refractivity contribution in [3.05, 3.63) is 92.8 Å². The highest BCUT2D eigenvalue weighted by molar-refractivity contribution is 8.03. The average Bonchev–Trinajstić information content (AvgIpc) is 3.55. The Morgan fingerprint density at radius 3 is 2.36 bits per heavy atom. The number of halogens is 3. The zero-order valence-corrected chi connectivity index (χ0v) is 22.0. The fourth-order valence-electron chi connectivity index (χ4n) is 3.52. The van der Waals surface area contributed by atoms with Crippen LogP contribution in [-0.4, -0.2) is 41.2 Å². The molecule has 2 amide bonds. The summed E-state index contributed by atoms with van der Waals surface area (Å²) in [5.41, 5.74) is 4.49. The van der Waals surface area contributed by atoms with Gasteiger partial charge < -0.3 is 10.1 Å². The Hall–Kier alpha value is -3.97. The van der Waals surface area contributed by atoms with Crippen LogP contribution in [0.3, 0.4) is 0 Å². The summed E-state index contributed by atoms with van der Waals surface area (Å²) in [7, 11) is 0. The molecule has 4 rings (SSSR count). The highest BCUT2D eigenvalue weighted by Gasteiger charge is 2.33. The predicted molar refractivity (Wildman–Crippen MR) is 142 cm³/mol. The number of thioether (sulfide) groups is 1. The van der Waals surface area contributed by atoms with E-state index >= 15 is 0 Å². The Morgan fingerprint density at radius 2 is 1.69 bits per heavy atom. The number of alkyl halides is 3. The zero-order valence-electron chi connectivity index (χ0n) is 20.3. The molecule has 0 radical (unpaired) electrons. The van der Waals surface area contributed by atoms with E-state index in [9.17, 15) is 27.6 Å². The van der Waals surface area contributed by atoms with E-state index in [1.807, 2.05) is 12.1 Å². The Bertz CT molecular complexity index is 1420. The van der Waals surface area contributed by atoms with E-state index in [0.29, 0.717) is 23.4 Å². The number of ketones is 1. The lowest BCUT2D eigenvalue weighted by molar-refractivity contribution is -0.274. The lowest BCUT2D eigenvalue weighted by Crippen LogP contribution is -2.24. The van der Waals surface area contributed by atoms with E-state index in [4.69, 9.17) is 0 Å².